The van der Waals surface area contributed by atoms with Crippen molar-refractivity contribution in [2.75, 3.05) is 19.6 Å². The maximum atomic E-state index is 11.8. The SMILES string of the molecule is CCCN(CCC)CCC(N)(C(N)=O)c1ccccc1. The van der Waals surface area contributed by atoms with Gasteiger partial charge in [0.1, 0.15) is 5.54 Å². The van der Waals surface area contributed by atoms with Crippen molar-refractivity contribution in [3.05, 3.63) is 35.9 Å². The number of carbonyl (C=O) groups is 1. The van der Waals surface area contributed by atoms with Gasteiger partial charge in [0.15, 0.2) is 0 Å². The van der Waals surface area contributed by atoms with Crippen LogP contribution in [0.5, 0.6) is 0 Å². The number of hydrogen-bond donors (Lipinski definition) is 2. The van der Waals surface area contributed by atoms with Gasteiger partial charge in [0.2, 0.25) is 5.91 Å². The average Bonchev–Trinajstić information content (AvgIpc) is 2.45. The Morgan fingerprint density at radius 3 is 2.10 bits per heavy atom. The minimum absolute atomic E-state index is 0.461. The molecular weight excluding hydrogens is 250 g/mol. The first-order chi connectivity index (χ1) is 9.54. The van der Waals surface area contributed by atoms with Crippen LogP contribution in [0.3, 0.4) is 0 Å². The summed E-state index contributed by atoms with van der Waals surface area (Å²) in [5, 5.41) is 0. The lowest BCUT2D eigenvalue weighted by Gasteiger charge is -2.30. The van der Waals surface area contributed by atoms with Crippen molar-refractivity contribution in [2.45, 2.75) is 38.6 Å². The van der Waals surface area contributed by atoms with E-state index in [4.69, 9.17) is 11.5 Å². The molecule has 1 atom stereocenters. The van der Waals surface area contributed by atoms with Crippen LogP contribution >= 0.6 is 0 Å². The lowest BCUT2D eigenvalue weighted by atomic mass is 9.86. The number of hydrogen-bond acceptors (Lipinski definition) is 3. The molecule has 0 aromatic heterocycles. The molecule has 0 heterocycles. The third-order valence-electron chi connectivity index (χ3n) is 3.63. The molecular formula is C16H27N3O. The van der Waals surface area contributed by atoms with Crippen molar-refractivity contribution in [1.82, 2.24) is 4.90 Å². The van der Waals surface area contributed by atoms with Crippen LogP contribution in [0.15, 0.2) is 30.3 Å². The molecule has 20 heavy (non-hydrogen) atoms. The van der Waals surface area contributed by atoms with E-state index >= 15 is 0 Å². The van der Waals surface area contributed by atoms with Crippen LogP contribution in [0.25, 0.3) is 0 Å². The molecule has 0 fully saturated rings. The molecule has 0 aliphatic carbocycles. The second kappa shape index (κ2) is 8.02. The number of benzene rings is 1. The van der Waals surface area contributed by atoms with E-state index in [9.17, 15) is 4.79 Å². The van der Waals surface area contributed by atoms with E-state index in [1.54, 1.807) is 0 Å². The fourth-order valence-electron chi connectivity index (χ4n) is 2.45. The van der Waals surface area contributed by atoms with Gasteiger partial charge in [-0.1, -0.05) is 44.2 Å². The molecule has 1 unspecified atom stereocenters. The highest BCUT2D eigenvalue weighted by Crippen LogP contribution is 2.22. The molecule has 0 aliphatic rings. The summed E-state index contributed by atoms with van der Waals surface area (Å²) in [6.45, 7) is 7.15. The van der Waals surface area contributed by atoms with Crippen LogP contribution in [-0.2, 0) is 10.3 Å². The highest BCUT2D eigenvalue weighted by atomic mass is 16.1. The van der Waals surface area contributed by atoms with Crippen molar-refractivity contribution in [2.24, 2.45) is 11.5 Å². The summed E-state index contributed by atoms with van der Waals surface area (Å²) in [6.07, 6.45) is 2.74. The van der Waals surface area contributed by atoms with E-state index in [-0.39, 0.29) is 0 Å². The molecule has 0 saturated carbocycles. The normalized spacial score (nSPS) is 14.2. The molecule has 0 bridgehead atoms. The van der Waals surface area contributed by atoms with Crippen LogP contribution < -0.4 is 11.5 Å². The van der Waals surface area contributed by atoms with Crippen LogP contribution in [-0.4, -0.2) is 30.4 Å². The third-order valence-corrected chi connectivity index (χ3v) is 3.63. The van der Waals surface area contributed by atoms with Gasteiger partial charge in [0.05, 0.1) is 0 Å². The van der Waals surface area contributed by atoms with Gasteiger partial charge in [-0.15, -0.1) is 0 Å². The Morgan fingerprint density at radius 2 is 1.65 bits per heavy atom. The van der Waals surface area contributed by atoms with Crippen molar-refractivity contribution in [3.8, 4) is 0 Å². The van der Waals surface area contributed by atoms with E-state index in [0.717, 1.165) is 38.0 Å². The summed E-state index contributed by atoms with van der Waals surface area (Å²) in [4.78, 5) is 14.2. The first kappa shape index (κ1) is 16.7. The highest BCUT2D eigenvalue weighted by Gasteiger charge is 2.33. The van der Waals surface area contributed by atoms with Crippen LogP contribution in [0.4, 0.5) is 0 Å². The summed E-state index contributed by atoms with van der Waals surface area (Å²) in [7, 11) is 0. The first-order valence-corrected chi connectivity index (χ1v) is 7.41. The molecule has 4 N–H and O–H groups in total. The summed E-state index contributed by atoms with van der Waals surface area (Å²) in [5.74, 6) is -0.461. The summed E-state index contributed by atoms with van der Waals surface area (Å²) >= 11 is 0. The second-order valence-electron chi connectivity index (χ2n) is 5.29. The lowest BCUT2D eigenvalue weighted by molar-refractivity contribution is -0.123. The second-order valence-corrected chi connectivity index (χ2v) is 5.29. The van der Waals surface area contributed by atoms with E-state index < -0.39 is 11.4 Å². The highest BCUT2D eigenvalue weighted by molar-refractivity contribution is 5.85. The van der Waals surface area contributed by atoms with E-state index in [2.05, 4.69) is 18.7 Å². The van der Waals surface area contributed by atoms with Crippen LogP contribution in [0.1, 0.15) is 38.7 Å². The zero-order valence-corrected chi connectivity index (χ0v) is 12.6. The van der Waals surface area contributed by atoms with Gasteiger partial charge in [-0.25, -0.2) is 0 Å². The van der Waals surface area contributed by atoms with E-state index in [1.165, 1.54) is 0 Å². The van der Waals surface area contributed by atoms with E-state index in [0.29, 0.717) is 6.42 Å². The van der Waals surface area contributed by atoms with Crippen molar-refractivity contribution >= 4 is 5.91 Å². The number of nitrogens with two attached hydrogens (primary N) is 2. The number of rotatable bonds is 9. The van der Waals surface area contributed by atoms with Crippen molar-refractivity contribution in [1.29, 1.82) is 0 Å². The molecule has 4 nitrogen and oxygen atoms in total. The molecule has 1 aromatic rings. The summed E-state index contributed by atoms with van der Waals surface area (Å²) < 4.78 is 0. The number of carbonyl (C=O) groups excluding carboxylic acids is 1. The molecule has 0 spiro atoms. The maximum absolute atomic E-state index is 11.8. The van der Waals surface area contributed by atoms with Gasteiger partial charge in [-0.05, 0) is 37.9 Å². The number of amides is 1. The molecule has 112 valence electrons. The van der Waals surface area contributed by atoms with Crippen LogP contribution in [0.2, 0.25) is 0 Å². The van der Waals surface area contributed by atoms with Gasteiger partial charge in [-0.2, -0.15) is 0 Å². The molecule has 0 aliphatic heterocycles. The zero-order chi connectivity index (χ0) is 15.0. The van der Waals surface area contributed by atoms with Crippen molar-refractivity contribution < 1.29 is 4.79 Å². The smallest absolute Gasteiger partial charge is 0.242 e. The fourth-order valence-corrected chi connectivity index (χ4v) is 2.45. The van der Waals surface area contributed by atoms with Gasteiger partial charge >= 0.3 is 0 Å². The molecule has 1 amide bonds. The maximum Gasteiger partial charge on any atom is 0.242 e. The molecule has 0 saturated heterocycles. The predicted molar refractivity (Wildman–Crippen MR) is 83.1 cm³/mol. The van der Waals surface area contributed by atoms with Gasteiger partial charge < -0.3 is 16.4 Å². The van der Waals surface area contributed by atoms with Gasteiger partial charge in [-0.3, -0.25) is 4.79 Å². The largest absolute Gasteiger partial charge is 0.368 e. The standard InChI is InChI=1S/C16H27N3O/c1-3-11-19(12-4-2)13-10-16(18,15(17)20)14-8-6-5-7-9-14/h5-9H,3-4,10-13,18H2,1-2H3,(H2,17,20). The summed E-state index contributed by atoms with van der Waals surface area (Å²) in [6, 6.07) is 9.42. The van der Waals surface area contributed by atoms with E-state index in [1.807, 2.05) is 30.3 Å². The first-order valence-electron chi connectivity index (χ1n) is 7.41. The van der Waals surface area contributed by atoms with Gasteiger partial charge in [0, 0.05) is 6.54 Å². The number of primary amides is 1. The topological polar surface area (TPSA) is 72.3 Å². The monoisotopic (exact) mass is 277 g/mol. The Hall–Kier alpha value is -1.39. The predicted octanol–water partition coefficient (Wildman–Crippen LogP) is 1.84. The minimum Gasteiger partial charge on any atom is -0.368 e. The molecule has 1 rings (SSSR count). The Labute approximate surface area is 122 Å². The molecule has 4 heteroatoms. The quantitative estimate of drug-likeness (QED) is 0.723. The Kier molecular flexibility index (Phi) is 6.68. The lowest BCUT2D eigenvalue weighted by Crippen LogP contribution is -2.51. The third kappa shape index (κ3) is 4.32. The number of nitrogens with zero attached hydrogens (tertiary/aromatic N) is 1. The van der Waals surface area contributed by atoms with Crippen LogP contribution in [0, 0.1) is 0 Å². The Bertz CT molecular complexity index is 401. The average molecular weight is 277 g/mol. The van der Waals surface area contributed by atoms with Crippen molar-refractivity contribution in [3.63, 3.8) is 0 Å². The fraction of sp³-hybridized carbons (Fsp3) is 0.562. The van der Waals surface area contributed by atoms with Gasteiger partial charge in [0.25, 0.3) is 0 Å². The Morgan fingerprint density at radius 1 is 1.10 bits per heavy atom. The molecule has 1 aromatic carbocycles. The minimum atomic E-state index is -1.08. The summed E-state index contributed by atoms with van der Waals surface area (Å²) in [5.41, 5.74) is 11.6. The Balaban J connectivity index is 2.79. The molecule has 0 radical (unpaired) electrons. The zero-order valence-electron chi connectivity index (χ0n) is 12.6.